The first-order chi connectivity index (χ1) is 9.78. The predicted octanol–water partition coefficient (Wildman–Crippen LogP) is 2.27. The van der Waals surface area contributed by atoms with Crippen LogP contribution >= 0.6 is 0 Å². The minimum atomic E-state index is -0.227. The van der Waals surface area contributed by atoms with Gasteiger partial charge in [0.1, 0.15) is 0 Å². The number of H-pyrrole nitrogens is 1. The Morgan fingerprint density at radius 2 is 2.40 bits per heavy atom. The summed E-state index contributed by atoms with van der Waals surface area (Å²) >= 11 is 0. The summed E-state index contributed by atoms with van der Waals surface area (Å²) < 4.78 is 5.49. The number of hydrogen-bond donors (Lipinski definition) is 2. The summed E-state index contributed by atoms with van der Waals surface area (Å²) in [7, 11) is 0. The quantitative estimate of drug-likeness (QED) is 0.840. The molecule has 0 fully saturated rings. The van der Waals surface area contributed by atoms with Gasteiger partial charge in [-0.05, 0) is 18.2 Å². The number of carbonyl (C=O) groups is 1. The number of aromatic nitrogens is 2. The number of fused-ring (bicyclic) bond motifs is 1. The zero-order valence-electron chi connectivity index (χ0n) is 11.0. The first kappa shape index (κ1) is 12.6. The normalized spacial score (nSPS) is 13.6. The van der Waals surface area contributed by atoms with Crippen LogP contribution in [0.2, 0.25) is 0 Å². The Kier molecular flexibility index (Phi) is 3.35. The molecule has 1 amide bonds. The van der Waals surface area contributed by atoms with E-state index in [0.717, 1.165) is 41.2 Å². The lowest BCUT2D eigenvalue weighted by atomic mass is 10.0. The second kappa shape index (κ2) is 5.30. The Labute approximate surface area is 116 Å². The summed E-state index contributed by atoms with van der Waals surface area (Å²) in [6.45, 7) is 4.74. The van der Waals surface area contributed by atoms with Crippen LogP contribution in [-0.2, 0) is 22.6 Å². The highest BCUT2D eigenvalue weighted by atomic mass is 16.5. The third kappa shape index (κ3) is 2.35. The summed E-state index contributed by atoms with van der Waals surface area (Å²) in [5.41, 5.74) is 4.79. The number of nitrogens with one attached hydrogen (secondary N) is 2. The molecule has 0 atom stereocenters. The molecule has 2 heterocycles. The molecule has 3 rings (SSSR count). The molecule has 1 aliphatic rings. The molecule has 5 nitrogen and oxygen atoms in total. The molecule has 1 aromatic carbocycles. The van der Waals surface area contributed by atoms with Gasteiger partial charge < -0.3 is 10.1 Å². The average molecular weight is 269 g/mol. The maximum absolute atomic E-state index is 11.3. The van der Waals surface area contributed by atoms with Gasteiger partial charge in [0.05, 0.1) is 18.9 Å². The van der Waals surface area contributed by atoms with Crippen molar-refractivity contribution in [3.05, 3.63) is 48.2 Å². The van der Waals surface area contributed by atoms with E-state index in [0.29, 0.717) is 6.61 Å². The molecule has 0 spiro atoms. The van der Waals surface area contributed by atoms with E-state index >= 15 is 0 Å². The van der Waals surface area contributed by atoms with Crippen LogP contribution in [0.5, 0.6) is 0 Å². The number of aromatic amines is 1. The molecule has 2 aromatic rings. The van der Waals surface area contributed by atoms with Crippen molar-refractivity contribution in [3.8, 4) is 11.3 Å². The lowest BCUT2D eigenvalue weighted by molar-refractivity contribution is -0.111. The van der Waals surface area contributed by atoms with Crippen molar-refractivity contribution in [2.75, 3.05) is 11.9 Å². The maximum atomic E-state index is 11.3. The van der Waals surface area contributed by atoms with E-state index in [-0.39, 0.29) is 5.91 Å². The first-order valence-electron chi connectivity index (χ1n) is 6.45. The van der Waals surface area contributed by atoms with E-state index in [2.05, 4.69) is 22.1 Å². The topological polar surface area (TPSA) is 67.0 Å². The number of carbonyl (C=O) groups excluding carboxylic acids is 1. The van der Waals surface area contributed by atoms with E-state index < -0.39 is 0 Å². The molecular formula is C15H15N3O2. The molecule has 2 N–H and O–H groups in total. The molecule has 20 heavy (non-hydrogen) atoms. The van der Waals surface area contributed by atoms with Crippen molar-refractivity contribution < 1.29 is 9.53 Å². The van der Waals surface area contributed by atoms with Crippen LogP contribution in [0.15, 0.2) is 36.9 Å². The Hall–Kier alpha value is -2.40. The molecule has 0 aliphatic carbocycles. The number of hydrogen-bond acceptors (Lipinski definition) is 3. The first-order valence-corrected chi connectivity index (χ1v) is 6.45. The largest absolute Gasteiger partial charge is 0.376 e. The van der Waals surface area contributed by atoms with Gasteiger partial charge in [0.15, 0.2) is 0 Å². The highest BCUT2D eigenvalue weighted by Gasteiger charge is 2.18. The maximum Gasteiger partial charge on any atom is 0.247 e. The molecule has 0 saturated heterocycles. The van der Waals surface area contributed by atoms with Crippen molar-refractivity contribution in [1.82, 2.24) is 10.2 Å². The van der Waals surface area contributed by atoms with Gasteiger partial charge in [0, 0.05) is 28.9 Å². The zero-order chi connectivity index (χ0) is 13.9. The lowest BCUT2D eigenvalue weighted by Gasteiger charge is -2.12. The van der Waals surface area contributed by atoms with Gasteiger partial charge in [-0.3, -0.25) is 9.89 Å². The van der Waals surface area contributed by atoms with Gasteiger partial charge in [-0.25, -0.2) is 0 Å². The van der Waals surface area contributed by atoms with Crippen LogP contribution in [0.4, 0.5) is 5.69 Å². The number of rotatable bonds is 3. The van der Waals surface area contributed by atoms with Crippen molar-refractivity contribution in [1.29, 1.82) is 0 Å². The Balaban J connectivity index is 1.94. The summed E-state index contributed by atoms with van der Waals surface area (Å²) in [4.78, 5) is 11.3. The summed E-state index contributed by atoms with van der Waals surface area (Å²) in [5, 5.41) is 10.2. The van der Waals surface area contributed by atoms with E-state index in [4.69, 9.17) is 4.74 Å². The smallest absolute Gasteiger partial charge is 0.247 e. The number of benzene rings is 1. The minimum Gasteiger partial charge on any atom is -0.376 e. The van der Waals surface area contributed by atoms with Gasteiger partial charge in [-0.1, -0.05) is 18.7 Å². The molecular weight excluding hydrogens is 254 g/mol. The number of ether oxygens (including phenoxy) is 1. The molecule has 1 aromatic heterocycles. The lowest BCUT2D eigenvalue weighted by Crippen LogP contribution is -2.09. The minimum absolute atomic E-state index is 0.227. The van der Waals surface area contributed by atoms with E-state index in [1.807, 2.05) is 24.3 Å². The number of nitrogens with zero attached hydrogens (tertiary/aromatic N) is 1. The average Bonchev–Trinajstić information content (AvgIpc) is 2.91. The third-order valence-corrected chi connectivity index (χ3v) is 3.28. The second-order valence-corrected chi connectivity index (χ2v) is 4.61. The molecule has 0 unspecified atom stereocenters. The highest BCUT2D eigenvalue weighted by Crippen LogP contribution is 2.28. The molecule has 102 valence electrons. The number of anilines is 1. The second-order valence-electron chi connectivity index (χ2n) is 4.61. The van der Waals surface area contributed by atoms with Crippen LogP contribution in [0.3, 0.4) is 0 Å². The van der Waals surface area contributed by atoms with Crippen molar-refractivity contribution in [2.45, 2.75) is 13.0 Å². The van der Waals surface area contributed by atoms with Crippen LogP contribution in [-0.4, -0.2) is 22.7 Å². The molecule has 1 aliphatic heterocycles. The molecule has 0 radical (unpaired) electrons. The van der Waals surface area contributed by atoms with Gasteiger partial charge in [0.2, 0.25) is 5.91 Å². The third-order valence-electron chi connectivity index (χ3n) is 3.28. The van der Waals surface area contributed by atoms with Gasteiger partial charge in [-0.2, -0.15) is 5.10 Å². The monoisotopic (exact) mass is 269 g/mol. The molecule has 5 heteroatoms. The van der Waals surface area contributed by atoms with Gasteiger partial charge in [-0.15, -0.1) is 0 Å². The zero-order valence-corrected chi connectivity index (χ0v) is 11.0. The van der Waals surface area contributed by atoms with Crippen molar-refractivity contribution in [3.63, 3.8) is 0 Å². The van der Waals surface area contributed by atoms with Crippen molar-refractivity contribution in [2.24, 2.45) is 0 Å². The Morgan fingerprint density at radius 1 is 1.50 bits per heavy atom. The number of amides is 1. The highest BCUT2D eigenvalue weighted by molar-refractivity contribution is 5.99. The fourth-order valence-corrected chi connectivity index (χ4v) is 2.29. The fourth-order valence-electron chi connectivity index (χ4n) is 2.29. The summed E-state index contributed by atoms with van der Waals surface area (Å²) in [6.07, 6.45) is 2.10. The Morgan fingerprint density at radius 3 is 3.25 bits per heavy atom. The summed E-state index contributed by atoms with van der Waals surface area (Å²) in [6, 6.07) is 7.58. The van der Waals surface area contributed by atoms with E-state index in [1.165, 1.54) is 6.08 Å². The predicted molar refractivity (Wildman–Crippen MR) is 76.2 cm³/mol. The van der Waals surface area contributed by atoms with Gasteiger partial charge >= 0.3 is 0 Å². The molecule has 0 saturated carbocycles. The van der Waals surface area contributed by atoms with Crippen LogP contribution in [0.25, 0.3) is 11.3 Å². The van der Waals surface area contributed by atoms with Crippen LogP contribution in [0, 0.1) is 0 Å². The van der Waals surface area contributed by atoms with Gasteiger partial charge in [0.25, 0.3) is 0 Å². The van der Waals surface area contributed by atoms with Crippen molar-refractivity contribution >= 4 is 11.6 Å². The van der Waals surface area contributed by atoms with Crippen LogP contribution < -0.4 is 5.32 Å². The van der Waals surface area contributed by atoms with E-state index in [1.54, 1.807) is 0 Å². The standard InChI is InChI=1S/C15H15N3O2/c1-2-14(19)16-11-5-3-4-10(8-11)15-12-9-20-7-6-13(12)17-18-15/h2-5,8H,1,6-7,9H2,(H,16,19)(H,17,18). The Bertz CT molecular complexity index is 661. The summed E-state index contributed by atoms with van der Waals surface area (Å²) in [5.74, 6) is -0.227. The van der Waals surface area contributed by atoms with Crippen LogP contribution in [0.1, 0.15) is 11.3 Å². The molecule has 0 bridgehead atoms. The van der Waals surface area contributed by atoms with E-state index in [9.17, 15) is 4.79 Å². The SMILES string of the molecule is C=CC(=O)Nc1cccc(-c2n[nH]c3c2COCC3)c1. The fraction of sp³-hybridized carbons (Fsp3) is 0.200.